The highest BCUT2D eigenvalue weighted by molar-refractivity contribution is 5.75. The van der Waals surface area contributed by atoms with E-state index in [1.165, 1.54) is 24.0 Å². The molecular formula is C24H36N2O3. The van der Waals surface area contributed by atoms with Crippen molar-refractivity contribution >= 4 is 12.0 Å². The van der Waals surface area contributed by atoms with Crippen molar-refractivity contribution < 1.29 is 14.3 Å². The molecule has 0 radical (unpaired) electrons. The van der Waals surface area contributed by atoms with Gasteiger partial charge in [0.05, 0.1) is 18.6 Å². The first-order chi connectivity index (χ1) is 14.1. The first kappa shape index (κ1) is 21.7. The van der Waals surface area contributed by atoms with E-state index in [1.807, 2.05) is 11.8 Å². The van der Waals surface area contributed by atoms with E-state index in [1.54, 1.807) is 0 Å². The molecule has 1 aromatic carbocycles. The van der Waals surface area contributed by atoms with Crippen LogP contribution in [0.25, 0.3) is 0 Å². The molecule has 0 aromatic heterocycles. The van der Waals surface area contributed by atoms with E-state index in [9.17, 15) is 9.59 Å². The van der Waals surface area contributed by atoms with E-state index in [0.29, 0.717) is 19.1 Å². The number of benzene rings is 1. The van der Waals surface area contributed by atoms with Crippen LogP contribution in [0.2, 0.25) is 0 Å². The van der Waals surface area contributed by atoms with Crippen molar-refractivity contribution in [2.45, 2.75) is 71.3 Å². The van der Waals surface area contributed by atoms with Gasteiger partial charge in [0.25, 0.3) is 0 Å². The number of nitrogens with one attached hydrogen (secondary N) is 1. The zero-order chi connectivity index (χ0) is 20.6. The second-order valence-electron chi connectivity index (χ2n) is 8.63. The standard InChI is InChI=1S/C24H36N2O3/c1-3-29-23(27)20-13-11-19(12-14-20)17-25-24(28)26-15-6-4-5-10-22(26)21-9-7-8-18(2)16-21/h7-9,16,19-20,22H,3-6,10-15,17H2,1-2H3,(H,25,28)/t19?,20?,22-/m0/s1. The topological polar surface area (TPSA) is 58.6 Å². The van der Waals surface area contributed by atoms with Crippen molar-refractivity contribution in [1.82, 2.24) is 10.2 Å². The number of likely N-dealkylation sites (tertiary alicyclic amines) is 1. The van der Waals surface area contributed by atoms with Gasteiger partial charge in [-0.3, -0.25) is 4.79 Å². The number of nitrogens with zero attached hydrogens (tertiary/aromatic N) is 1. The third kappa shape index (κ3) is 5.97. The van der Waals surface area contributed by atoms with Crippen LogP contribution in [0.3, 0.4) is 0 Å². The third-order valence-corrected chi connectivity index (χ3v) is 6.45. The molecule has 29 heavy (non-hydrogen) atoms. The summed E-state index contributed by atoms with van der Waals surface area (Å²) in [4.78, 5) is 27.0. The quantitative estimate of drug-likeness (QED) is 0.708. The minimum Gasteiger partial charge on any atom is -0.466 e. The first-order valence-electron chi connectivity index (χ1n) is 11.4. The maximum absolute atomic E-state index is 13.1. The Labute approximate surface area is 175 Å². The third-order valence-electron chi connectivity index (χ3n) is 6.45. The van der Waals surface area contributed by atoms with Gasteiger partial charge in [-0.1, -0.05) is 42.7 Å². The Morgan fingerprint density at radius 1 is 1.10 bits per heavy atom. The maximum atomic E-state index is 13.1. The van der Waals surface area contributed by atoms with E-state index >= 15 is 0 Å². The van der Waals surface area contributed by atoms with Crippen LogP contribution in [0, 0.1) is 18.8 Å². The molecule has 1 heterocycles. The largest absolute Gasteiger partial charge is 0.466 e. The Kier molecular flexibility index (Phi) is 7.96. The summed E-state index contributed by atoms with van der Waals surface area (Å²) in [5.41, 5.74) is 2.49. The monoisotopic (exact) mass is 400 g/mol. The molecule has 1 aliphatic carbocycles. The van der Waals surface area contributed by atoms with Crippen molar-refractivity contribution in [2.24, 2.45) is 11.8 Å². The van der Waals surface area contributed by atoms with Gasteiger partial charge < -0.3 is 15.0 Å². The number of carbonyl (C=O) groups excluding carboxylic acids is 2. The van der Waals surface area contributed by atoms with Crippen molar-refractivity contribution in [3.8, 4) is 0 Å². The van der Waals surface area contributed by atoms with Crippen LogP contribution < -0.4 is 5.32 Å². The van der Waals surface area contributed by atoms with Crippen LogP contribution >= 0.6 is 0 Å². The summed E-state index contributed by atoms with van der Waals surface area (Å²) in [5, 5.41) is 3.20. The van der Waals surface area contributed by atoms with E-state index < -0.39 is 0 Å². The van der Waals surface area contributed by atoms with Crippen LogP contribution in [0.4, 0.5) is 4.79 Å². The van der Waals surface area contributed by atoms with Crippen LogP contribution in [0.15, 0.2) is 24.3 Å². The second-order valence-corrected chi connectivity index (χ2v) is 8.63. The molecule has 2 fully saturated rings. The summed E-state index contributed by atoms with van der Waals surface area (Å²) in [6.45, 7) is 5.93. The summed E-state index contributed by atoms with van der Waals surface area (Å²) in [5.74, 6) is 0.438. The maximum Gasteiger partial charge on any atom is 0.317 e. The minimum atomic E-state index is -0.0550. The minimum absolute atomic E-state index is 0.0400. The summed E-state index contributed by atoms with van der Waals surface area (Å²) in [6, 6.07) is 8.79. The highest BCUT2D eigenvalue weighted by atomic mass is 16.5. The summed E-state index contributed by atoms with van der Waals surface area (Å²) >= 11 is 0. The van der Waals surface area contributed by atoms with Gasteiger partial charge in [0.1, 0.15) is 0 Å². The van der Waals surface area contributed by atoms with Crippen molar-refractivity contribution in [1.29, 1.82) is 0 Å². The predicted octanol–water partition coefficient (Wildman–Crippen LogP) is 4.99. The molecule has 5 heteroatoms. The molecule has 5 nitrogen and oxygen atoms in total. The molecule has 160 valence electrons. The molecule has 0 spiro atoms. The fourth-order valence-corrected chi connectivity index (χ4v) is 4.77. The lowest BCUT2D eigenvalue weighted by molar-refractivity contribution is -0.149. The Hall–Kier alpha value is -2.04. The van der Waals surface area contributed by atoms with Gasteiger partial charge in [0, 0.05) is 13.1 Å². The van der Waals surface area contributed by atoms with Gasteiger partial charge in [-0.2, -0.15) is 0 Å². The van der Waals surface area contributed by atoms with E-state index in [-0.39, 0.29) is 24.0 Å². The number of carbonyl (C=O) groups is 2. The van der Waals surface area contributed by atoms with Crippen LogP contribution in [-0.2, 0) is 9.53 Å². The zero-order valence-corrected chi connectivity index (χ0v) is 18.0. The zero-order valence-electron chi connectivity index (χ0n) is 18.0. The van der Waals surface area contributed by atoms with Crippen molar-refractivity contribution in [3.05, 3.63) is 35.4 Å². The SMILES string of the molecule is CCOC(=O)C1CCC(CNC(=O)N2CCCCC[C@H]2c2cccc(C)c2)CC1. The van der Waals surface area contributed by atoms with E-state index in [4.69, 9.17) is 4.74 Å². The normalized spacial score (nSPS) is 25.2. The van der Waals surface area contributed by atoms with E-state index in [2.05, 4.69) is 36.5 Å². The fourth-order valence-electron chi connectivity index (χ4n) is 4.77. The number of hydrogen-bond acceptors (Lipinski definition) is 3. The van der Waals surface area contributed by atoms with Gasteiger partial charge in [-0.15, -0.1) is 0 Å². The molecule has 1 N–H and O–H groups in total. The smallest absolute Gasteiger partial charge is 0.317 e. The van der Waals surface area contributed by atoms with Crippen LogP contribution in [-0.4, -0.2) is 36.6 Å². The molecule has 1 aliphatic heterocycles. The molecule has 1 saturated carbocycles. The lowest BCUT2D eigenvalue weighted by atomic mass is 9.82. The predicted molar refractivity (Wildman–Crippen MR) is 115 cm³/mol. The number of rotatable bonds is 5. The van der Waals surface area contributed by atoms with Gasteiger partial charge >= 0.3 is 12.0 Å². The van der Waals surface area contributed by atoms with Gasteiger partial charge in [-0.05, 0) is 63.9 Å². The first-order valence-corrected chi connectivity index (χ1v) is 11.4. The summed E-state index contributed by atoms with van der Waals surface area (Å²) in [7, 11) is 0. The number of hydrogen-bond donors (Lipinski definition) is 1. The van der Waals surface area contributed by atoms with Gasteiger partial charge in [0.15, 0.2) is 0 Å². The molecular weight excluding hydrogens is 364 g/mol. The fraction of sp³-hybridized carbons (Fsp3) is 0.667. The summed E-state index contributed by atoms with van der Waals surface area (Å²) < 4.78 is 5.15. The highest BCUT2D eigenvalue weighted by Crippen LogP contribution is 2.32. The molecule has 0 bridgehead atoms. The number of esters is 1. The Morgan fingerprint density at radius 2 is 1.90 bits per heavy atom. The lowest BCUT2D eigenvalue weighted by Crippen LogP contribution is -2.44. The van der Waals surface area contributed by atoms with Crippen molar-refractivity contribution in [2.75, 3.05) is 19.7 Å². The summed E-state index contributed by atoms with van der Waals surface area (Å²) in [6.07, 6.45) is 8.15. The lowest BCUT2D eigenvalue weighted by Gasteiger charge is -2.32. The number of amides is 2. The van der Waals surface area contributed by atoms with E-state index in [0.717, 1.165) is 45.1 Å². The molecule has 2 amide bonds. The highest BCUT2D eigenvalue weighted by Gasteiger charge is 2.30. The van der Waals surface area contributed by atoms with Gasteiger partial charge in [-0.25, -0.2) is 4.79 Å². The van der Waals surface area contributed by atoms with Crippen molar-refractivity contribution in [3.63, 3.8) is 0 Å². The molecule has 3 rings (SSSR count). The number of urea groups is 1. The van der Waals surface area contributed by atoms with Gasteiger partial charge in [0.2, 0.25) is 0 Å². The van der Waals surface area contributed by atoms with Crippen LogP contribution in [0.1, 0.15) is 75.5 Å². The number of aryl methyl sites for hydroxylation is 1. The Bertz CT molecular complexity index is 682. The molecule has 1 atom stereocenters. The molecule has 2 aliphatic rings. The molecule has 0 unspecified atom stereocenters. The second kappa shape index (κ2) is 10.7. The van der Waals surface area contributed by atoms with Crippen LogP contribution in [0.5, 0.6) is 0 Å². The molecule has 1 saturated heterocycles. The average molecular weight is 401 g/mol. The Balaban J connectivity index is 1.54. The Morgan fingerprint density at radius 3 is 2.62 bits per heavy atom. The number of ether oxygens (including phenoxy) is 1. The molecule has 1 aromatic rings. The average Bonchev–Trinajstić information content (AvgIpc) is 2.99.